The maximum absolute atomic E-state index is 11.9. The zero-order chi connectivity index (χ0) is 17.4. The second kappa shape index (κ2) is 8.29. The molecular formula is C17H15N3O4. The van der Waals surface area contributed by atoms with Crippen LogP contribution in [0.5, 0.6) is 11.5 Å². The molecule has 7 heteroatoms. The molecule has 0 spiro atoms. The summed E-state index contributed by atoms with van der Waals surface area (Å²) in [5, 5.41) is 16.8. The molecule has 0 aliphatic carbocycles. The van der Waals surface area contributed by atoms with Gasteiger partial charge in [-0.25, -0.2) is 4.79 Å². The summed E-state index contributed by atoms with van der Waals surface area (Å²) in [6.45, 7) is 1.90. The van der Waals surface area contributed by atoms with Gasteiger partial charge < -0.3 is 14.2 Å². The Hall–Kier alpha value is -3.40. The summed E-state index contributed by atoms with van der Waals surface area (Å²) in [6, 6.07) is 11.5. The quantitative estimate of drug-likeness (QED) is 0.452. The van der Waals surface area contributed by atoms with Crippen LogP contribution in [-0.4, -0.2) is 19.7 Å². The summed E-state index contributed by atoms with van der Waals surface area (Å²) in [4.78, 5) is 11.9. The smallest absolute Gasteiger partial charge is 0.342 e. The topological polar surface area (TPSA) is 93.3 Å². The summed E-state index contributed by atoms with van der Waals surface area (Å²) in [7, 11) is 1.58. The number of azo groups is 1. The van der Waals surface area contributed by atoms with E-state index in [0.29, 0.717) is 11.4 Å². The third-order valence-electron chi connectivity index (χ3n) is 2.97. The minimum absolute atomic E-state index is 0.111. The molecule has 0 bridgehead atoms. The van der Waals surface area contributed by atoms with Crippen LogP contribution >= 0.6 is 0 Å². The highest BCUT2D eigenvalue weighted by Crippen LogP contribution is 2.27. The normalized spacial score (nSPS) is 10.2. The molecule has 122 valence electrons. The zero-order valence-electron chi connectivity index (χ0n) is 13.2. The molecular weight excluding hydrogens is 310 g/mol. The summed E-state index contributed by atoms with van der Waals surface area (Å²) < 4.78 is 14.8. The number of ether oxygens (including phenoxy) is 3. The zero-order valence-corrected chi connectivity index (χ0v) is 13.2. The summed E-state index contributed by atoms with van der Waals surface area (Å²) in [5.74, 6) is 0.236. The molecule has 0 atom stereocenters. The lowest BCUT2D eigenvalue weighted by molar-refractivity contribution is 0.0523. The Labute approximate surface area is 139 Å². The van der Waals surface area contributed by atoms with Gasteiger partial charge in [0.1, 0.15) is 11.3 Å². The van der Waals surface area contributed by atoms with E-state index < -0.39 is 5.97 Å². The fourth-order valence-electron chi connectivity index (χ4n) is 1.85. The van der Waals surface area contributed by atoms with E-state index in [0.717, 1.165) is 5.75 Å². The molecule has 2 aromatic carbocycles. The second-order valence-electron chi connectivity index (χ2n) is 4.49. The largest absolute Gasteiger partial charge is 0.497 e. The molecule has 2 aromatic rings. The van der Waals surface area contributed by atoms with Gasteiger partial charge in [0, 0.05) is 0 Å². The van der Waals surface area contributed by atoms with E-state index in [9.17, 15) is 4.79 Å². The fraction of sp³-hybridized carbons (Fsp3) is 0.176. The molecule has 0 fully saturated rings. The SMILES string of the molecule is CCOC(=O)c1cc(N=Nc2ccc(OC)cc2)ccc1OC#N. The van der Waals surface area contributed by atoms with Gasteiger partial charge in [-0.05, 0) is 49.4 Å². The Morgan fingerprint density at radius 2 is 1.79 bits per heavy atom. The minimum atomic E-state index is -0.593. The number of nitrogens with zero attached hydrogens (tertiary/aromatic N) is 3. The predicted octanol–water partition coefficient (Wildman–Crippen LogP) is 4.15. The number of carbonyl (C=O) groups is 1. The summed E-state index contributed by atoms with van der Waals surface area (Å²) >= 11 is 0. The van der Waals surface area contributed by atoms with Crippen molar-refractivity contribution >= 4 is 17.3 Å². The molecule has 24 heavy (non-hydrogen) atoms. The van der Waals surface area contributed by atoms with E-state index >= 15 is 0 Å². The Morgan fingerprint density at radius 3 is 2.42 bits per heavy atom. The lowest BCUT2D eigenvalue weighted by Crippen LogP contribution is -2.06. The van der Waals surface area contributed by atoms with Crippen molar-refractivity contribution in [1.82, 2.24) is 0 Å². The van der Waals surface area contributed by atoms with Gasteiger partial charge >= 0.3 is 5.97 Å². The van der Waals surface area contributed by atoms with Crippen molar-refractivity contribution in [3.63, 3.8) is 0 Å². The first-order chi connectivity index (χ1) is 11.7. The van der Waals surface area contributed by atoms with E-state index in [2.05, 4.69) is 10.2 Å². The standard InChI is InChI=1S/C17H15N3O4/c1-3-23-17(21)15-10-13(6-9-16(15)24-11-18)20-19-12-4-7-14(22-2)8-5-12/h4-10H,3H2,1-2H3. The number of nitriles is 1. The summed E-state index contributed by atoms with van der Waals surface area (Å²) in [6.07, 6.45) is 1.54. The van der Waals surface area contributed by atoms with Gasteiger partial charge in [0.05, 0.1) is 25.1 Å². The molecule has 0 aliphatic heterocycles. The van der Waals surface area contributed by atoms with Crippen LogP contribution in [0.1, 0.15) is 17.3 Å². The third kappa shape index (κ3) is 4.30. The van der Waals surface area contributed by atoms with Crippen LogP contribution in [0.2, 0.25) is 0 Å². The maximum Gasteiger partial charge on any atom is 0.342 e. The average Bonchev–Trinajstić information content (AvgIpc) is 2.61. The molecule has 2 rings (SSSR count). The van der Waals surface area contributed by atoms with Gasteiger partial charge in [0.25, 0.3) is 6.26 Å². The van der Waals surface area contributed by atoms with Crippen LogP contribution in [0, 0.1) is 11.5 Å². The number of hydrogen-bond donors (Lipinski definition) is 0. The van der Waals surface area contributed by atoms with Gasteiger partial charge in [-0.2, -0.15) is 10.2 Å². The van der Waals surface area contributed by atoms with Crippen molar-refractivity contribution in [2.75, 3.05) is 13.7 Å². The molecule has 0 saturated heterocycles. The van der Waals surface area contributed by atoms with Gasteiger partial charge in [-0.15, -0.1) is 5.26 Å². The number of rotatable bonds is 6. The predicted molar refractivity (Wildman–Crippen MR) is 85.8 cm³/mol. The molecule has 0 aromatic heterocycles. The third-order valence-corrected chi connectivity index (χ3v) is 2.97. The van der Waals surface area contributed by atoms with E-state index in [-0.39, 0.29) is 17.9 Å². The lowest BCUT2D eigenvalue weighted by atomic mass is 10.2. The van der Waals surface area contributed by atoms with Crippen LogP contribution in [0.15, 0.2) is 52.7 Å². The van der Waals surface area contributed by atoms with Crippen molar-refractivity contribution in [1.29, 1.82) is 5.26 Å². The van der Waals surface area contributed by atoms with Crippen LogP contribution in [0.3, 0.4) is 0 Å². The Kier molecular flexibility index (Phi) is 5.86. The maximum atomic E-state index is 11.9. The van der Waals surface area contributed by atoms with Crippen LogP contribution < -0.4 is 9.47 Å². The van der Waals surface area contributed by atoms with E-state index in [4.69, 9.17) is 19.5 Å². The average molecular weight is 325 g/mol. The highest BCUT2D eigenvalue weighted by atomic mass is 16.5. The van der Waals surface area contributed by atoms with Crippen molar-refractivity contribution in [2.24, 2.45) is 10.2 Å². The molecule has 0 aliphatic rings. The van der Waals surface area contributed by atoms with Crippen molar-refractivity contribution in [3.05, 3.63) is 48.0 Å². The monoisotopic (exact) mass is 325 g/mol. The number of esters is 1. The van der Waals surface area contributed by atoms with Gasteiger partial charge in [0.15, 0.2) is 5.75 Å². The minimum Gasteiger partial charge on any atom is -0.497 e. The lowest BCUT2D eigenvalue weighted by Gasteiger charge is -2.06. The first-order valence-electron chi connectivity index (χ1n) is 7.10. The van der Waals surface area contributed by atoms with E-state index in [1.807, 2.05) is 0 Å². The number of benzene rings is 2. The molecule has 0 amide bonds. The van der Waals surface area contributed by atoms with Crippen LogP contribution in [0.25, 0.3) is 0 Å². The van der Waals surface area contributed by atoms with E-state index in [1.165, 1.54) is 18.4 Å². The number of methoxy groups -OCH3 is 1. The van der Waals surface area contributed by atoms with Gasteiger partial charge in [-0.3, -0.25) is 0 Å². The summed E-state index contributed by atoms with van der Waals surface area (Å²) in [5.41, 5.74) is 1.18. The van der Waals surface area contributed by atoms with Crippen molar-refractivity contribution in [3.8, 4) is 17.8 Å². The highest BCUT2D eigenvalue weighted by Gasteiger charge is 2.15. The highest BCUT2D eigenvalue weighted by molar-refractivity contribution is 5.93. The van der Waals surface area contributed by atoms with Crippen molar-refractivity contribution < 1.29 is 19.0 Å². The first-order valence-corrected chi connectivity index (χ1v) is 7.10. The number of hydrogen-bond acceptors (Lipinski definition) is 7. The Balaban J connectivity index is 2.26. The van der Waals surface area contributed by atoms with Crippen molar-refractivity contribution in [2.45, 2.75) is 6.92 Å². The van der Waals surface area contributed by atoms with E-state index in [1.54, 1.807) is 44.4 Å². The molecule has 0 saturated carbocycles. The first kappa shape index (κ1) is 17.0. The Bertz CT molecular complexity index is 779. The molecule has 0 heterocycles. The molecule has 0 radical (unpaired) electrons. The molecule has 0 N–H and O–H groups in total. The van der Waals surface area contributed by atoms with Gasteiger partial charge in [0.2, 0.25) is 0 Å². The molecule has 0 unspecified atom stereocenters. The van der Waals surface area contributed by atoms with Crippen LogP contribution in [-0.2, 0) is 4.74 Å². The van der Waals surface area contributed by atoms with Crippen LogP contribution in [0.4, 0.5) is 11.4 Å². The fourth-order valence-corrected chi connectivity index (χ4v) is 1.85. The molecule has 7 nitrogen and oxygen atoms in total. The van der Waals surface area contributed by atoms with Gasteiger partial charge in [-0.1, -0.05) is 0 Å². The Morgan fingerprint density at radius 1 is 1.12 bits per heavy atom. The second-order valence-corrected chi connectivity index (χ2v) is 4.49. The number of carbonyl (C=O) groups excluding carboxylic acids is 1.